The number of benzene rings is 1. The van der Waals surface area contributed by atoms with Crippen LogP contribution in [0, 0.1) is 0 Å². The number of hydrogen-bond donors (Lipinski definition) is 2. The van der Waals surface area contributed by atoms with Crippen molar-refractivity contribution in [3.63, 3.8) is 0 Å². The molecule has 3 heterocycles. The van der Waals surface area contributed by atoms with Crippen LogP contribution in [-0.2, 0) is 6.18 Å². The molecule has 1 fully saturated rings. The zero-order valence-electron chi connectivity index (χ0n) is 15.1. The molecule has 1 aliphatic rings. The molecule has 2 aromatic heterocycles. The molecule has 6 nitrogen and oxygen atoms in total. The minimum absolute atomic E-state index is 0.200. The Balaban J connectivity index is 1.73. The molecule has 0 spiro atoms. The second-order valence-corrected chi connectivity index (χ2v) is 7.21. The van der Waals surface area contributed by atoms with Gasteiger partial charge in [0.25, 0.3) is 0 Å². The molecule has 10 heteroatoms. The van der Waals surface area contributed by atoms with Crippen LogP contribution in [-0.4, -0.2) is 39.3 Å². The summed E-state index contributed by atoms with van der Waals surface area (Å²) < 4.78 is 39.6. The zero-order chi connectivity index (χ0) is 20.6. The van der Waals surface area contributed by atoms with Crippen LogP contribution in [0.25, 0.3) is 10.9 Å². The Hall–Kier alpha value is -2.65. The predicted octanol–water partition coefficient (Wildman–Crippen LogP) is 4.40. The topological polar surface area (TPSA) is 74.2 Å². The van der Waals surface area contributed by atoms with E-state index in [9.17, 15) is 18.3 Å². The van der Waals surface area contributed by atoms with E-state index in [1.807, 2.05) is 4.90 Å². The Kier molecular flexibility index (Phi) is 5.18. The van der Waals surface area contributed by atoms with E-state index >= 15 is 0 Å². The van der Waals surface area contributed by atoms with E-state index in [0.717, 1.165) is 6.07 Å². The Bertz CT molecular complexity index is 1040. The van der Waals surface area contributed by atoms with Crippen LogP contribution in [0.3, 0.4) is 0 Å². The molecule has 3 aromatic rings. The van der Waals surface area contributed by atoms with Crippen molar-refractivity contribution in [2.24, 2.45) is 0 Å². The molecule has 1 aliphatic heterocycles. The highest BCUT2D eigenvalue weighted by molar-refractivity contribution is 6.31. The molecule has 0 saturated carbocycles. The van der Waals surface area contributed by atoms with Crippen molar-refractivity contribution >= 4 is 40.0 Å². The lowest BCUT2D eigenvalue weighted by molar-refractivity contribution is -0.137. The quantitative estimate of drug-likeness (QED) is 0.650. The van der Waals surface area contributed by atoms with Crippen LogP contribution >= 0.6 is 11.6 Å². The van der Waals surface area contributed by atoms with Crippen molar-refractivity contribution in [1.82, 2.24) is 15.0 Å². The van der Waals surface area contributed by atoms with Crippen LogP contribution < -0.4 is 10.2 Å². The summed E-state index contributed by atoms with van der Waals surface area (Å²) in [6.45, 7) is 1.19. The number of nitrogens with one attached hydrogen (secondary N) is 1. The number of nitrogens with zero attached hydrogens (tertiary/aromatic N) is 4. The van der Waals surface area contributed by atoms with Crippen molar-refractivity contribution < 1.29 is 18.3 Å². The third-order valence-corrected chi connectivity index (χ3v) is 5.10. The summed E-state index contributed by atoms with van der Waals surface area (Å²) in [5.41, 5.74) is -0.111. The molecule has 1 aromatic carbocycles. The molecular weight excluding hydrogens is 407 g/mol. The Morgan fingerprint density at radius 2 is 1.90 bits per heavy atom. The number of rotatable bonds is 3. The number of aliphatic hydroxyl groups excluding tert-OH is 1. The SMILES string of the molecule is OC1CCN(c2nc(Nc3ccc(Cl)c(C(F)(F)F)c3)c3cnccc3n2)CC1. The van der Waals surface area contributed by atoms with Gasteiger partial charge in [-0.05, 0) is 37.1 Å². The fourth-order valence-corrected chi connectivity index (χ4v) is 3.44. The van der Waals surface area contributed by atoms with Gasteiger partial charge >= 0.3 is 6.18 Å². The third-order valence-electron chi connectivity index (χ3n) is 4.77. The molecule has 152 valence electrons. The average molecular weight is 424 g/mol. The molecule has 29 heavy (non-hydrogen) atoms. The first-order valence-electron chi connectivity index (χ1n) is 9.00. The maximum atomic E-state index is 13.2. The molecule has 4 rings (SSSR count). The monoisotopic (exact) mass is 423 g/mol. The summed E-state index contributed by atoms with van der Waals surface area (Å²) in [5.74, 6) is 0.794. The Labute approximate surface area is 169 Å². The van der Waals surface area contributed by atoms with Gasteiger partial charge < -0.3 is 15.3 Å². The van der Waals surface area contributed by atoms with Crippen molar-refractivity contribution in [1.29, 1.82) is 0 Å². The third kappa shape index (κ3) is 4.20. The number of aliphatic hydroxyl groups is 1. The number of fused-ring (bicyclic) bond motifs is 1. The van der Waals surface area contributed by atoms with Crippen molar-refractivity contribution in [2.45, 2.75) is 25.1 Å². The van der Waals surface area contributed by atoms with Crippen LogP contribution in [0.4, 0.5) is 30.6 Å². The highest BCUT2D eigenvalue weighted by Gasteiger charge is 2.33. The van der Waals surface area contributed by atoms with Crippen molar-refractivity contribution in [2.75, 3.05) is 23.3 Å². The van der Waals surface area contributed by atoms with E-state index in [1.54, 1.807) is 18.5 Å². The van der Waals surface area contributed by atoms with E-state index in [1.165, 1.54) is 12.1 Å². The number of aromatic nitrogens is 3. The average Bonchev–Trinajstić information content (AvgIpc) is 2.69. The molecule has 0 bridgehead atoms. The number of anilines is 3. The zero-order valence-corrected chi connectivity index (χ0v) is 15.9. The van der Waals surface area contributed by atoms with E-state index in [4.69, 9.17) is 11.6 Å². The van der Waals surface area contributed by atoms with Crippen LogP contribution in [0.2, 0.25) is 5.02 Å². The van der Waals surface area contributed by atoms with Gasteiger partial charge in [0, 0.05) is 31.2 Å². The lowest BCUT2D eigenvalue weighted by atomic mass is 10.1. The first-order chi connectivity index (χ1) is 13.8. The van der Waals surface area contributed by atoms with Gasteiger partial charge in [-0.25, -0.2) is 4.98 Å². The van der Waals surface area contributed by atoms with Gasteiger partial charge in [-0.2, -0.15) is 18.2 Å². The van der Waals surface area contributed by atoms with Gasteiger partial charge in [0.05, 0.1) is 27.6 Å². The normalized spacial score (nSPS) is 15.7. The van der Waals surface area contributed by atoms with E-state index < -0.39 is 11.7 Å². The number of piperidine rings is 1. The highest BCUT2D eigenvalue weighted by atomic mass is 35.5. The highest BCUT2D eigenvalue weighted by Crippen LogP contribution is 2.37. The van der Waals surface area contributed by atoms with Gasteiger partial charge in [-0.3, -0.25) is 4.98 Å². The molecular formula is C19H17ClF3N5O. The van der Waals surface area contributed by atoms with Crippen LogP contribution in [0.1, 0.15) is 18.4 Å². The largest absolute Gasteiger partial charge is 0.417 e. The molecule has 1 saturated heterocycles. The van der Waals surface area contributed by atoms with E-state index in [-0.39, 0.29) is 16.8 Å². The lowest BCUT2D eigenvalue weighted by Gasteiger charge is -2.30. The van der Waals surface area contributed by atoms with Crippen LogP contribution in [0.15, 0.2) is 36.7 Å². The van der Waals surface area contributed by atoms with Gasteiger partial charge in [0.15, 0.2) is 0 Å². The van der Waals surface area contributed by atoms with Gasteiger partial charge in [-0.15, -0.1) is 0 Å². The number of pyridine rings is 1. The summed E-state index contributed by atoms with van der Waals surface area (Å²) in [4.78, 5) is 15.1. The maximum Gasteiger partial charge on any atom is 0.417 e. The number of halogens is 4. The molecule has 0 amide bonds. The van der Waals surface area contributed by atoms with Gasteiger partial charge in [-0.1, -0.05) is 11.6 Å². The number of hydrogen-bond acceptors (Lipinski definition) is 6. The molecule has 2 N–H and O–H groups in total. The predicted molar refractivity (Wildman–Crippen MR) is 105 cm³/mol. The molecule has 0 aliphatic carbocycles. The Morgan fingerprint density at radius 3 is 2.62 bits per heavy atom. The summed E-state index contributed by atoms with van der Waals surface area (Å²) >= 11 is 5.71. The molecule has 0 atom stereocenters. The Morgan fingerprint density at radius 1 is 1.14 bits per heavy atom. The first-order valence-corrected chi connectivity index (χ1v) is 9.37. The van der Waals surface area contributed by atoms with E-state index in [2.05, 4.69) is 20.3 Å². The van der Waals surface area contributed by atoms with Gasteiger partial charge in [0.1, 0.15) is 5.82 Å². The maximum absolute atomic E-state index is 13.2. The second-order valence-electron chi connectivity index (χ2n) is 6.80. The van der Waals surface area contributed by atoms with Gasteiger partial charge in [0.2, 0.25) is 5.95 Å². The minimum Gasteiger partial charge on any atom is -0.393 e. The number of alkyl halides is 3. The van der Waals surface area contributed by atoms with Crippen molar-refractivity contribution in [3.05, 3.63) is 47.2 Å². The minimum atomic E-state index is -4.57. The fourth-order valence-electron chi connectivity index (χ4n) is 3.22. The second kappa shape index (κ2) is 7.64. The smallest absolute Gasteiger partial charge is 0.393 e. The summed E-state index contributed by atoms with van der Waals surface area (Å²) in [7, 11) is 0. The van der Waals surface area contributed by atoms with Crippen LogP contribution in [0.5, 0.6) is 0 Å². The fraction of sp³-hybridized carbons (Fsp3) is 0.316. The summed E-state index contributed by atoms with van der Waals surface area (Å²) in [5, 5.41) is 12.9. The van der Waals surface area contributed by atoms with Crippen molar-refractivity contribution in [3.8, 4) is 0 Å². The molecule has 0 unspecified atom stereocenters. The molecule has 0 radical (unpaired) electrons. The summed E-state index contributed by atoms with van der Waals surface area (Å²) in [6.07, 6.45) is -0.554. The summed E-state index contributed by atoms with van der Waals surface area (Å²) in [6, 6.07) is 5.32. The lowest BCUT2D eigenvalue weighted by Crippen LogP contribution is -2.36. The van der Waals surface area contributed by atoms with E-state index in [0.29, 0.717) is 48.6 Å². The first kappa shape index (κ1) is 19.7. The standard InChI is InChI=1S/C19H17ClF3N5O/c20-15-2-1-11(9-14(15)19(21,22)23)25-17-13-10-24-6-3-16(13)26-18(27-17)28-7-4-12(29)5-8-28/h1-3,6,9-10,12,29H,4-5,7-8H2,(H,25,26,27).